The maximum absolute atomic E-state index is 5.41. The molecule has 1 saturated heterocycles. The first-order chi connectivity index (χ1) is 9.90. The summed E-state index contributed by atoms with van der Waals surface area (Å²) in [5, 5.41) is 3.79. The number of ether oxygens (including phenoxy) is 1. The van der Waals surface area contributed by atoms with Crippen molar-refractivity contribution in [1.29, 1.82) is 0 Å². The lowest BCUT2D eigenvalue weighted by Crippen LogP contribution is -2.36. The van der Waals surface area contributed by atoms with Gasteiger partial charge in [-0.1, -0.05) is 0 Å². The fraction of sp³-hybridized carbons (Fsp3) is 0.647. The molecule has 1 heterocycles. The van der Waals surface area contributed by atoms with Crippen LogP contribution in [0.4, 0.5) is 11.4 Å². The summed E-state index contributed by atoms with van der Waals surface area (Å²) in [5.41, 5.74) is 2.62. The van der Waals surface area contributed by atoms with Gasteiger partial charge in [-0.3, -0.25) is 0 Å². The first-order valence-electron chi connectivity index (χ1n) is 8.09. The molecule has 1 aromatic carbocycles. The second kappa shape index (κ2) is 5.28. The predicted octanol–water partition coefficient (Wildman–Crippen LogP) is 3.12. The number of hydrogen-bond donors (Lipinski definition) is 1. The van der Waals surface area contributed by atoms with Crippen molar-refractivity contribution in [2.75, 3.05) is 36.5 Å². The molecule has 20 heavy (non-hydrogen) atoms. The van der Waals surface area contributed by atoms with Crippen LogP contribution in [0, 0.1) is 11.8 Å². The average Bonchev–Trinajstić information content (AvgIpc) is 3.40. The number of morpholine rings is 1. The van der Waals surface area contributed by atoms with Crippen molar-refractivity contribution in [3.05, 3.63) is 24.3 Å². The standard InChI is InChI=1S/C17H24N2O/c1-2-13(1)17(14-3-4-14)18-15-5-7-16(8-6-15)19-9-11-20-12-10-19/h5-8,13-14,17-18H,1-4,9-12H2. The number of anilines is 2. The summed E-state index contributed by atoms with van der Waals surface area (Å²) in [7, 11) is 0. The second-order valence-corrected chi connectivity index (χ2v) is 6.49. The third kappa shape index (κ3) is 2.78. The first kappa shape index (κ1) is 12.5. The minimum absolute atomic E-state index is 0.740. The van der Waals surface area contributed by atoms with Gasteiger partial charge in [0.15, 0.2) is 0 Å². The van der Waals surface area contributed by atoms with Gasteiger partial charge in [0.2, 0.25) is 0 Å². The van der Waals surface area contributed by atoms with Crippen LogP contribution >= 0.6 is 0 Å². The third-order valence-corrected chi connectivity index (χ3v) is 4.84. The van der Waals surface area contributed by atoms with Crippen molar-refractivity contribution in [1.82, 2.24) is 0 Å². The maximum atomic E-state index is 5.41. The van der Waals surface area contributed by atoms with Crippen molar-refractivity contribution in [2.24, 2.45) is 11.8 Å². The van der Waals surface area contributed by atoms with Crippen LogP contribution in [0.5, 0.6) is 0 Å². The molecule has 2 aliphatic carbocycles. The van der Waals surface area contributed by atoms with E-state index in [2.05, 4.69) is 34.5 Å². The summed E-state index contributed by atoms with van der Waals surface area (Å²) in [6, 6.07) is 9.75. The zero-order valence-electron chi connectivity index (χ0n) is 12.1. The van der Waals surface area contributed by atoms with Gasteiger partial charge in [0.1, 0.15) is 0 Å². The molecule has 3 aliphatic rings. The molecular formula is C17H24N2O. The molecule has 0 spiro atoms. The molecule has 3 heteroatoms. The third-order valence-electron chi connectivity index (χ3n) is 4.84. The fourth-order valence-corrected chi connectivity index (χ4v) is 3.31. The van der Waals surface area contributed by atoms with Crippen LogP contribution in [0.2, 0.25) is 0 Å². The highest BCUT2D eigenvalue weighted by molar-refractivity contribution is 5.56. The number of hydrogen-bond acceptors (Lipinski definition) is 3. The number of nitrogens with one attached hydrogen (secondary N) is 1. The Kier molecular flexibility index (Phi) is 3.31. The molecule has 0 radical (unpaired) electrons. The molecule has 2 saturated carbocycles. The van der Waals surface area contributed by atoms with E-state index < -0.39 is 0 Å². The molecule has 1 aromatic rings. The fourth-order valence-electron chi connectivity index (χ4n) is 3.31. The summed E-state index contributed by atoms with van der Waals surface area (Å²) in [6.07, 6.45) is 5.72. The van der Waals surface area contributed by atoms with E-state index in [1.807, 2.05) is 0 Å². The van der Waals surface area contributed by atoms with Crippen LogP contribution in [-0.2, 0) is 4.74 Å². The molecule has 0 atom stereocenters. The molecule has 0 unspecified atom stereocenters. The summed E-state index contributed by atoms with van der Waals surface area (Å²) in [5.74, 6) is 1.89. The Morgan fingerprint density at radius 3 is 2.10 bits per heavy atom. The molecule has 0 aromatic heterocycles. The Morgan fingerprint density at radius 2 is 1.55 bits per heavy atom. The van der Waals surface area contributed by atoms with Crippen LogP contribution < -0.4 is 10.2 Å². The SMILES string of the molecule is c1cc(N2CCOCC2)ccc1NC(C1CC1)C1CC1. The quantitative estimate of drug-likeness (QED) is 0.891. The van der Waals surface area contributed by atoms with Gasteiger partial charge in [-0.05, 0) is 61.8 Å². The molecule has 3 fully saturated rings. The first-order valence-corrected chi connectivity index (χ1v) is 8.09. The van der Waals surface area contributed by atoms with Crippen LogP contribution in [-0.4, -0.2) is 32.3 Å². The van der Waals surface area contributed by atoms with Gasteiger partial charge in [0.05, 0.1) is 13.2 Å². The van der Waals surface area contributed by atoms with Gasteiger partial charge in [-0.2, -0.15) is 0 Å². The van der Waals surface area contributed by atoms with E-state index >= 15 is 0 Å². The van der Waals surface area contributed by atoms with Crippen LogP contribution in [0.3, 0.4) is 0 Å². The van der Waals surface area contributed by atoms with Gasteiger partial charge in [-0.15, -0.1) is 0 Å². The number of rotatable bonds is 5. The molecule has 1 N–H and O–H groups in total. The molecule has 108 valence electrons. The Hall–Kier alpha value is -1.22. The maximum Gasteiger partial charge on any atom is 0.0642 e. The molecule has 3 nitrogen and oxygen atoms in total. The smallest absolute Gasteiger partial charge is 0.0642 e. The van der Waals surface area contributed by atoms with Crippen LogP contribution in [0.25, 0.3) is 0 Å². The van der Waals surface area contributed by atoms with Crippen molar-refractivity contribution in [3.8, 4) is 0 Å². The zero-order valence-corrected chi connectivity index (χ0v) is 12.1. The van der Waals surface area contributed by atoms with E-state index in [-0.39, 0.29) is 0 Å². The predicted molar refractivity (Wildman–Crippen MR) is 82.3 cm³/mol. The Labute approximate surface area is 121 Å². The lowest BCUT2D eigenvalue weighted by molar-refractivity contribution is 0.122. The van der Waals surface area contributed by atoms with Crippen LogP contribution in [0.1, 0.15) is 25.7 Å². The topological polar surface area (TPSA) is 24.5 Å². The minimum Gasteiger partial charge on any atom is -0.382 e. The van der Waals surface area contributed by atoms with E-state index in [0.717, 1.165) is 44.2 Å². The molecule has 0 amide bonds. The lowest BCUT2D eigenvalue weighted by Gasteiger charge is -2.29. The van der Waals surface area contributed by atoms with Crippen molar-refractivity contribution in [3.63, 3.8) is 0 Å². The van der Waals surface area contributed by atoms with Crippen molar-refractivity contribution in [2.45, 2.75) is 31.7 Å². The largest absolute Gasteiger partial charge is 0.382 e. The van der Waals surface area contributed by atoms with E-state index in [1.165, 1.54) is 37.1 Å². The molecule has 0 bridgehead atoms. The zero-order chi connectivity index (χ0) is 13.4. The molecule has 1 aliphatic heterocycles. The van der Waals surface area contributed by atoms with Crippen LogP contribution in [0.15, 0.2) is 24.3 Å². The van der Waals surface area contributed by atoms with Crippen molar-refractivity contribution >= 4 is 11.4 Å². The minimum atomic E-state index is 0.740. The lowest BCUT2D eigenvalue weighted by atomic mass is 10.1. The number of benzene rings is 1. The summed E-state index contributed by atoms with van der Waals surface area (Å²) in [4.78, 5) is 2.41. The summed E-state index contributed by atoms with van der Waals surface area (Å²) in [6.45, 7) is 3.73. The van der Waals surface area contributed by atoms with E-state index in [4.69, 9.17) is 4.74 Å². The van der Waals surface area contributed by atoms with E-state index in [1.54, 1.807) is 0 Å². The highest BCUT2D eigenvalue weighted by atomic mass is 16.5. The Balaban J connectivity index is 1.41. The Bertz CT molecular complexity index is 433. The van der Waals surface area contributed by atoms with Gasteiger partial charge in [0, 0.05) is 30.5 Å². The second-order valence-electron chi connectivity index (χ2n) is 6.49. The summed E-state index contributed by atoms with van der Waals surface area (Å²) < 4.78 is 5.41. The van der Waals surface area contributed by atoms with Crippen molar-refractivity contribution < 1.29 is 4.74 Å². The van der Waals surface area contributed by atoms with Gasteiger partial charge < -0.3 is 15.0 Å². The highest BCUT2D eigenvalue weighted by Crippen LogP contribution is 2.45. The van der Waals surface area contributed by atoms with Gasteiger partial charge in [0.25, 0.3) is 0 Å². The van der Waals surface area contributed by atoms with Gasteiger partial charge >= 0.3 is 0 Å². The molecule has 4 rings (SSSR count). The van der Waals surface area contributed by atoms with Gasteiger partial charge in [-0.25, -0.2) is 0 Å². The normalized spacial score (nSPS) is 23.1. The van der Waals surface area contributed by atoms with E-state index in [9.17, 15) is 0 Å². The van der Waals surface area contributed by atoms with E-state index in [0.29, 0.717) is 0 Å². The number of nitrogens with zero attached hydrogens (tertiary/aromatic N) is 1. The molecular weight excluding hydrogens is 248 g/mol. The average molecular weight is 272 g/mol. The monoisotopic (exact) mass is 272 g/mol. The summed E-state index contributed by atoms with van der Waals surface area (Å²) >= 11 is 0. The Morgan fingerprint density at radius 1 is 0.950 bits per heavy atom. The highest BCUT2D eigenvalue weighted by Gasteiger charge is 2.41.